The smallest absolute Gasteiger partial charge is 0.282 e. The Balaban J connectivity index is 1.64. The summed E-state index contributed by atoms with van der Waals surface area (Å²) in [5.74, 6) is -2.47. The van der Waals surface area contributed by atoms with Crippen LogP contribution >= 0.6 is 0 Å². The van der Waals surface area contributed by atoms with Gasteiger partial charge >= 0.3 is 0 Å². The molecule has 36 heavy (non-hydrogen) atoms. The van der Waals surface area contributed by atoms with Gasteiger partial charge in [0.2, 0.25) is 11.8 Å². The maximum atomic E-state index is 15.0. The minimum Gasteiger partial charge on any atom is -0.330 e. The summed E-state index contributed by atoms with van der Waals surface area (Å²) in [6, 6.07) is -1.59. The maximum absolute atomic E-state index is 15.0. The van der Waals surface area contributed by atoms with Crippen LogP contribution in [-0.4, -0.2) is 103 Å². The number of halogens is 4. The number of carbonyl (C=O) groups is 2. The third kappa shape index (κ3) is 6.70. The van der Waals surface area contributed by atoms with Gasteiger partial charge in [-0.25, -0.2) is 22.6 Å². The first-order valence-corrected chi connectivity index (χ1v) is 12.3. The van der Waals surface area contributed by atoms with Crippen LogP contribution in [-0.2, 0) is 9.59 Å². The van der Waals surface area contributed by atoms with E-state index in [1.807, 2.05) is 0 Å². The summed E-state index contributed by atoms with van der Waals surface area (Å²) in [5.41, 5.74) is 11.7. The van der Waals surface area contributed by atoms with Gasteiger partial charge in [0.1, 0.15) is 18.0 Å². The van der Waals surface area contributed by atoms with Crippen LogP contribution in [0.1, 0.15) is 33.1 Å². The van der Waals surface area contributed by atoms with E-state index in [9.17, 15) is 22.8 Å². The highest BCUT2D eigenvalue weighted by molar-refractivity contribution is 5.85. The van der Waals surface area contributed by atoms with E-state index >= 15 is 4.39 Å². The van der Waals surface area contributed by atoms with Crippen molar-refractivity contribution in [2.75, 3.05) is 32.7 Å². The van der Waals surface area contributed by atoms with Crippen molar-refractivity contribution >= 4 is 23.9 Å². The van der Waals surface area contributed by atoms with Crippen molar-refractivity contribution in [1.82, 2.24) is 15.1 Å². The van der Waals surface area contributed by atoms with Crippen molar-refractivity contribution in [2.24, 2.45) is 33.3 Å². The number of carbonyl (C=O) groups excluding carboxylic acids is 2. The van der Waals surface area contributed by atoms with Gasteiger partial charge in [0.25, 0.3) is 5.92 Å². The molecule has 0 saturated carbocycles. The SMILES string of the molecule is CCC(F)/C=N\C(C)C(C(=O)NC1=C=NCC(F)C1N1CCC(C(=O)N2CC(F)(F)C2)CC1)C(N)N. The van der Waals surface area contributed by atoms with Crippen LogP contribution in [0, 0.1) is 11.8 Å². The average Bonchev–Trinajstić information content (AvgIpc) is 2.80. The van der Waals surface area contributed by atoms with Gasteiger partial charge in [0.05, 0.1) is 43.8 Å². The molecule has 0 spiro atoms. The second-order valence-electron chi connectivity index (χ2n) is 9.74. The van der Waals surface area contributed by atoms with Gasteiger partial charge in [-0.1, -0.05) is 6.92 Å². The zero-order valence-electron chi connectivity index (χ0n) is 20.5. The Morgan fingerprint density at radius 2 is 1.94 bits per heavy atom. The number of aliphatic imine (C=N–C) groups is 2. The molecule has 3 aliphatic heterocycles. The van der Waals surface area contributed by atoms with Gasteiger partial charge in [-0.15, -0.1) is 0 Å². The lowest BCUT2D eigenvalue weighted by atomic mass is 9.91. The van der Waals surface area contributed by atoms with Crippen molar-refractivity contribution in [2.45, 2.75) is 69.6 Å². The lowest BCUT2D eigenvalue weighted by Crippen LogP contribution is -2.61. The van der Waals surface area contributed by atoms with Gasteiger partial charge < -0.3 is 21.7 Å². The molecular formula is C23H35F4N7O2. The molecule has 13 heteroatoms. The van der Waals surface area contributed by atoms with Gasteiger partial charge in [-0.05, 0) is 39.3 Å². The molecule has 2 saturated heterocycles. The molecule has 0 aromatic heterocycles. The number of rotatable bonds is 9. The molecule has 0 radical (unpaired) electrons. The number of nitrogens with one attached hydrogen (secondary N) is 1. The third-order valence-corrected chi connectivity index (χ3v) is 6.90. The van der Waals surface area contributed by atoms with Gasteiger partial charge in [-0.2, -0.15) is 0 Å². The van der Waals surface area contributed by atoms with E-state index in [1.54, 1.807) is 18.7 Å². The predicted molar refractivity (Wildman–Crippen MR) is 127 cm³/mol. The normalized spacial score (nSPS) is 27.5. The predicted octanol–water partition coefficient (Wildman–Crippen LogP) is 0.633. The molecular weight excluding hydrogens is 482 g/mol. The Morgan fingerprint density at radius 1 is 1.31 bits per heavy atom. The van der Waals surface area contributed by atoms with Crippen molar-refractivity contribution < 1.29 is 27.2 Å². The van der Waals surface area contributed by atoms with Crippen LogP contribution in [0.4, 0.5) is 17.6 Å². The molecule has 5 atom stereocenters. The average molecular weight is 518 g/mol. The molecule has 3 aliphatic rings. The van der Waals surface area contributed by atoms with Crippen LogP contribution in [0.2, 0.25) is 0 Å². The van der Waals surface area contributed by atoms with Gasteiger partial charge in [0, 0.05) is 18.0 Å². The number of alkyl halides is 4. The molecule has 5 N–H and O–H groups in total. The van der Waals surface area contributed by atoms with Crippen LogP contribution in [0.5, 0.6) is 0 Å². The first-order chi connectivity index (χ1) is 16.9. The number of amides is 2. The zero-order chi connectivity index (χ0) is 26.6. The molecule has 9 nitrogen and oxygen atoms in total. The molecule has 3 heterocycles. The fourth-order valence-electron chi connectivity index (χ4n) is 4.79. The van der Waals surface area contributed by atoms with Gasteiger partial charge in [-0.3, -0.25) is 19.5 Å². The van der Waals surface area contributed by atoms with E-state index in [0.717, 1.165) is 11.1 Å². The Morgan fingerprint density at radius 3 is 2.50 bits per heavy atom. The Bertz CT molecular complexity index is 893. The van der Waals surface area contributed by atoms with Gasteiger partial charge in [0.15, 0.2) is 0 Å². The first-order valence-electron chi connectivity index (χ1n) is 12.3. The number of nitrogens with zero attached hydrogens (tertiary/aromatic N) is 4. The van der Waals surface area contributed by atoms with E-state index in [1.165, 1.54) is 0 Å². The Hall–Kier alpha value is -2.34. The van der Waals surface area contributed by atoms with E-state index in [2.05, 4.69) is 21.2 Å². The minimum absolute atomic E-state index is 0.115. The summed E-state index contributed by atoms with van der Waals surface area (Å²) < 4.78 is 54.8. The summed E-state index contributed by atoms with van der Waals surface area (Å²) in [6.45, 7) is 2.66. The van der Waals surface area contributed by atoms with E-state index in [0.29, 0.717) is 25.9 Å². The van der Waals surface area contributed by atoms with Crippen LogP contribution in [0.15, 0.2) is 15.7 Å². The van der Waals surface area contributed by atoms with Crippen molar-refractivity contribution in [1.29, 1.82) is 0 Å². The topological polar surface area (TPSA) is 129 Å². The zero-order valence-corrected chi connectivity index (χ0v) is 20.5. The maximum Gasteiger partial charge on any atom is 0.282 e. The summed E-state index contributed by atoms with van der Waals surface area (Å²) in [4.78, 5) is 36.5. The van der Waals surface area contributed by atoms with Crippen LogP contribution in [0.25, 0.3) is 0 Å². The molecule has 0 aromatic rings. The minimum atomic E-state index is -2.83. The van der Waals surface area contributed by atoms with Crippen molar-refractivity contribution in [3.8, 4) is 0 Å². The highest BCUT2D eigenvalue weighted by Gasteiger charge is 2.48. The standard InChI is InChI=1S/C23H35F4N7O2/c1-3-15(24)8-31-13(2)18(20(28)29)21(35)32-17-10-30-9-16(25)19(17)33-6-4-14(5-7-33)22(36)34-11-23(26,27)12-34/h8,13-16,18-20H,3-7,9,11-12,28-29H2,1-2H3,(H,32,35)/b31-8-. The van der Waals surface area contributed by atoms with Crippen molar-refractivity contribution in [3.63, 3.8) is 0 Å². The van der Waals surface area contributed by atoms with Crippen LogP contribution in [0.3, 0.4) is 0 Å². The molecule has 2 fully saturated rings. The summed E-state index contributed by atoms with van der Waals surface area (Å²) in [7, 11) is 0. The van der Waals surface area contributed by atoms with E-state index < -0.39 is 67.3 Å². The molecule has 5 unspecified atom stereocenters. The third-order valence-electron chi connectivity index (χ3n) is 6.90. The molecule has 0 bridgehead atoms. The summed E-state index contributed by atoms with van der Waals surface area (Å²) >= 11 is 0. The molecule has 2 amide bonds. The lowest BCUT2D eigenvalue weighted by Gasteiger charge is -2.43. The molecule has 0 aromatic carbocycles. The lowest BCUT2D eigenvalue weighted by molar-refractivity contribution is -0.171. The number of hydrogen-bond donors (Lipinski definition) is 3. The highest BCUT2D eigenvalue weighted by Crippen LogP contribution is 2.31. The number of piperidine rings is 1. The summed E-state index contributed by atoms with van der Waals surface area (Å²) in [5, 5.41) is 2.65. The number of nitrogens with two attached hydrogens (primary N) is 2. The quantitative estimate of drug-likeness (QED) is 0.235. The van der Waals surface area contributed by atoms with E-state index in [4.69, 9.17) is 11.5 Å². The highest BCUT2D eigenvalue weighted by atomic mass is 19.3. The molecule has 0 aliphatic carbocycles. The molecule has 202 valence electrons. The number of hydrogen-bond acceptors (Lipinski definition) is 7. The van der Waals surface area contributed by atoms with Crippen LogP contribution < -0.4 is 16.8 Å². The fraction of sp³-hybridized carbons (Fsp3) is 0.783. The second kappa shape index (κ2) is 11.8. The fourth-order valence-corrected chi connectivity index (χ4v) is 4.79. The second-order valence-corrected chi connectivity index (χ2v) is 9.74. The monoisotopic (exact) mass is 517 g/mol. The van der Waals surface area contributed by atoms with Crippen molar-refractivity contribution in [3.05, 3.63) is 5.70 Å². The Labute approximate surface area is 208 Å². The Kier molecular flexibility index (Phi) is 9.26. The largest absolute Gasteiger partial charge is 0.330 e. The molecule has 3 rings (SSSR count). The summed E-state index contributed by atoms with van der Waals surface area (Å²) in [6.07, 6.45) is -1.69. The number of likely N-dealkylation sites (tertiary alicyclic amines) is 2. The van der Waals surface area contributed by atoms with E-state index in [-0.39, 0.29) is 24.6 Å². The first kappa shape index (κ1) is 28.2.